The average Bonchev–Trinajstić information content (AvgIpc) is 3.17. The van der Waals surface area contributed by atoms with Crippen LogP contribution in [0, 0.1) is 0 Å². The third kappa shape index (κ3) is 5.24. The predicted octanol–water partition coefficient (Wildman–Crippen LogP) is 6.40. The van der Waals surface area contributed by atoms with E-state index in [1.807, 2.05) is 36.4 Å². The molecule has 0 amide bonds. The number of oxime groups is 1. The number of rotatable bonds is 10. The van der Waals surface area contributed by atoms with E-state index in [0.717, 1.165) is 49.3 Å². The van der Waals surface area contributed by atoms with Gasteiger partial charge in [-0.2, -0.15) is 0 Å². The Hall–Kier alpha value is -4.06. The molecule has 190 valence electrons. The third-order valence-electron chi connectivity index (χ3n) is 6.77. The smallest absolute Gasteiger partial charge is 0.364 e. The second kappa shape index (κ2) is 11.3. The zero-order valence-electron chi connectivity index (χ0n) is 21.5. The van der Waals surface area contributed by atoms with Crippen molar-refractivity contribution in [1.82, 2.24) is 0 Å². The number of carbonyl (C=O) groups excluding carboxylic acids is 3. The van der Waals surface area contributed by atoms with Gasteiger partial charge in [-0.25, -0.2) is 9.59 Å². The number of carbonyl (C=O) groups is 3. The molecule has 4 rings (SSSR count). The molecule has 3 aromatic rings. The molecular formula is C31H31NO5. The Morgan fingerprint density at radius 2 is 1.46 bits per heavy atom. The number of benzene rings is 3. The quantitative estimate of drug-likeness (QED) is 0.0808. The van der Waals surface area contributed by atoms with Gasteiger partial charge in [0.15, 0.2) is 0 Å². The van der Waals surface area contributed by atoms with Gasteiger partial charge < -0.3 is 9.57 Å². The van der Waals surface area contributed by atoms with E-state index in [2.05, 4.69) is 37.2 Å². The molecule has 0 heterocycles. The van der Waals surface area contributed by atoms with E-state index in [0.29, 0.717) is 5.56 Å². The van der Waals surface area contributed by atoms with Crippen LogP contribution >= 0.6 is 0 Å². The molecule has 0 unspecified atom stereocenters. The molecule has 0 fully saturated rings. The Morgan fingerprint density at radius 1 is 0.811 bits per heavy atom. The van der Waals surface area contributed by atoms with Crippen LogP contribution in [0.15, 0.2) is 78.0 Å². The SMILES string of the molecule is CCCC1(CCC)c2ccccc2-c2ccc(C(=O)/C(=N/OC(C)=O)C(=O)OCc3ccccc3)cc21. The highest BCUT2D eigenvalue weighted by Gasteiger charge is 2.42. The lowest BCUT2D eigenvalue weighted by atomic mass is 9.71. The van der Waals surface area contributed by atoms with Gasteiger partial charge in [0, 0.05) is 17.9 Å². The largest absolute Gasteiger partial charge is 0.456 e. The van der Waals surface area contributed by atoms with Crippen LogP contribution in [0.4, 0.5) is 0 Å². The van der Waals surface area contributed by atoms with Crippen molar-refractivity contribution < 1.29 is 24.0 Å². The summed E-state index contributed by atoms with van der Waals surface area (Å²) in [5.74, 6) is -2.34. The van der Waals surface area contributed by atoms with Gasteiger partial charge in [0.25, 0.3) is 0 Å². The molecule has 0 saturated carbocycles. The van der Waals surface area contributed by atoms with Crippen molar-refractivity contribution >= 4 is 23.4 Å². The lowest BCUT2D eigenvalue weighted by molar-refractivity contribution is -0.141. The maximum Gasteiger partial charge on any atom is 0.364 e. The van der Waals surface area contributed by atoms with Crippen LogP contribution < -0.4 is 0 Å². The van der Waals surface area contributed by atoms with Crippen LogP contribution in [0.2, 0.25) is 0 Å². The second-order valence-electron chi connectivity index (χ2n) is 9.30. The Labute approximate surface area is 217 Å². The van der Waals surface area contributed by atoms with Crippen molar-refractivity contribution in [3.05, 3.63) is 95.1 Å². The minimum absolute atomic E-state index is 0.0400. The molecule has 3 aromatic carbocycles. The van der Waals surface area contributed by atoms with E-state index in [9.17, 15) is 14.4 Å². The van der Waals surface area contributed by atoms with Gasteiger partial charge in [0.2, 0.25) is 11.5 Å². The van der Waals surface area contributed by atoms with Crippen molar-refractivity contribution in [1.29, 1.82) is 0 Å². The van der Waals surface area contributed by atoms with E-state index in [1.165, 1.54) is 11.1 Å². The predicted molar refractivity (Wildman–Crippen MR) is 142 cm³/mol. The Kier molecular flexibility index (Phi) is 7.97. The van der Waals surface area contributed by atoms with Gasteiger partial charge >= 0.3 is 11.9 Å². The summed E-state index contributed by atoms with van der Waals surface area (Å²) in [4.78, 5) is 42.6. The van der Waals surface area contributed by atoms with Crippen LogP contribution in [-0.4, -0.2) is 23.4 Å². The second-order valence-corrected chi connectivity index (χ2v) is 9.30. The maximum absolute atomic E-state index is 13.6. The van der Waals surface area contributed by atoms with Gasteiger partial charge in [0.05, 0.1) is 0 Å². The minimum atomic E-state index is -0.952. The topological polar surface area (TPSA) is 82.0 Å². The van der Waals surface area contributed by atoms with E-state index in [-0.39, 0.29) is 12.0 Å². The molecule has 6 heteroatoms. The summed E-state index contributed by atoms with van der Waals surface area (Å²) in [6, 6.07) is 23.0. The van der Waals surface area contributed by atoms with Crippen LogP contribution in [0.25, 0.3) is 11.1 Å². The van der Waals surface area contributed by atoms with E-state index in [4.69, 9.17) is 9.57 Å². The fourth-order valence-electron chi connectivity index (χ4n) is 5.32. The molecule has 0 radical (unpaired) electrons. The number of nitrogens with zero attached hydrogens (tertiary/aromatic N) is 1. The first-order valence-electron chi connectivity index (χ1n) is 12.7. The van der Waals surface area contributed by atoms with Crippen LogP contribution in [-0.2, 0) is 31.2 Å². The Balaban J connectivity index is 1.72. The summed E-state index contributed by atoms with van der Waals surface area (Å²) in [6.45, 7) is 5.44. The molecule has 1 aliphatic rings. The summed E-state index contributed by atoms with van der Waals surface area (Å²) in [6.07, 6.45) is 3.85. The highest BCUT2D eigenvalue weighted by molar-refractivity contribution is 6.67. The number of Topliss-reactive ketones (excluding diaryl/α,β-unsaturated/α-hetero) is 1. The maximum atomic E-state index is 13.6. The normalized spacial score (nSPS) is 13.4. The molecule has 0 aromatic heterocycles. The average molecular weight is 498 g/mol. The number of hydrogen-bond acceptors (Lipinski definition) is 6. The lowest BCUT2D eigenvalue weighted by Crippen LogP contribution is -2.28. The van der Waals surface area contributed by atoms with Crippen molar-refractivity contribution in [3.63, 3.8) is 0 Å². The number of hydrogen-bond donors (Lipinski definition) is 0. The van der Waals surface area contributed by atoms with Gasteiger partial charge in [0.1, 0.15) is 6.61 Å². The molecule has 0 aliphatic heterocycles. The summed E-state index contributed by atoms with van der Waals surface area (Å²) in [5, 5.41) is 3.60. The molecule has 0 spiro atoms. The van der Waals surface area contributed by atoms with Crippen molar-refractivity contribution in [2.75, 3.05) is 0 Å². The zero-order chi connectivity index (χ0) is 26.4. The van der Waals surface area contributed by atoms with Crippen LogP contribution in [0.3, 0.4) is 0 Å². The highest BCUT2D eigenvalue weighted by atomic mass is 16.7. The van der Waals surface area contributed by atoms with E-state index in [1.54, 1.807) is 18.2 Å². The summed E-state index contributed by atoms with van der Waals surface area (Å²) < 4.78 is 5.34. The summed E-state index contributed by atoms with van der Waals surface area (Å²) >= 11 is 0. The Morgan fingerprint density at radius 3 is 2.14 bits per heavy atom. The van der Waals surface area contributed by atoms with Crippen LogP contribution in [0.5, 0.6) is 0 Å². The van der Waals surface area contributed by atoms with Crippen molar-refractivity contribution in [2.45, 2.75) is 58.5 Å². The van der Waals surface area contributed by atoms with Crippen LogP contribution in [0.1, 0.15) is 73.5 Å². The molecule has 0 atom stereocenters. The first-order chi connectivity index (χ1) is 17.9. The summed E-state index contributed by atoms with van der Waals surface area (Å²) in [5.41, 5.74) is 4.89. The lowest BCUT2D eigenvalue weighted by Gasteiger charge is -2.32. The number of ketones is 1. The van der Waals surface area contributed by atoms with Gasteiger partial charge in [-0.05, 0) is 46.7 Å². The molecule has 0 N–H and O–H groups in total. The van der Waals surface area contributed by atoms with E-state index < -0.39 is 23.4 Å². The molecular weight excluding hydrogens is 466 g/mol. The number of fused-ring (bicyclic) bond motifs is 3. The number of ether oxygens (including phenoxy) is 1. The molecule has 0 bridgehead atoms. The molecule has 6 nitrogen and oxygen atoms in total. The molecule has 1 aliphatic carbocycles. The van der Waals surface area contributed by atoms with Crippen molar-refractivity contribution in [2.24, 2.45) is 5.16 Å². The van der Waals surface area contributed by atoms with Gasteiger partial charge in [-0.15, -0.1) is 0 Å². The number of esters is 1. The highest BCUT2D eigenvalue weighted by Crippen LogP contribution is 2.53. The first kappa shape index (κ1) is 26.0. The molecule has 37 heavy (non-hydrogen) atoms. The first-order valence-corrected chi connectivity index (χ1v) is 12.7. The summed E-state index contributed by atoms with van der Waals surface area (Å²) in [7, 11) is 0. The van der Waals surface area contributed by atoms with Crippen molar-refractivity contribution in [3.8, 4) is 11.1 Å². The van der Waals surface area contributed by atoms with E-state index >= 15 is 0 Å². The standard InChI is InChI=1S/C31H31NO5/c1-4-17-31(18-5-2)26-14-10-9-13-24(26)25-16-15-23(19-27(25)31)29(34)28(32-37-21(3)33)30(35)36-20-22-11-7-6-8-12-22/h6-16,19H,4-5,17-18,20H2,1-3H3/b32-28-. The van der Waals surface area contributed by atoms with Gasteiger partial charge in [-0.3, -0.25) is 4.79 Å². The monoisotopic (exact) mass is 497 g/mol. The minimum Gasteiger partial charge on any atom is -0.456 e. The third-order valence-corrected chi connectivity index (χ3v) is 6.77. The van der Waals surface area contributed by atoms with Gasteiger partial charge in [-0.1, -0.05) is 98.6 Å². The fraction of sp³-hybridized carbons (Fsp3) is 0.290. The molecule has 0 saturated heterocycles. The zero-order valence-corrected chi connectivity index (χ0v) is 21.5. The fourth-order valence-corrected chi connectivity index (χ4v) is 5.32. The Bertz CT molecular complexity index is 1340.